The van der Waals surface area contributed by atoms with Gasteiger partial charge in [0.2, 0.25) is 0 Å². The Balaban J connectivity index is 1.31. The molecule has 1 fully saturated rings. The average Bonchev–Trinajstić information content (AvgIpc) is 2.99. The van der Waals surface area contributed by atoms with E-state index >= 15 is 0 Å². The van der Waals surface area contributed by atoms with Crippen molar-refractivity contribution in [1.82, 2.24) is 4.90 Å². The Kier molecular flexibility index (Phi) is 5.73. The van der Waals surface area contributed by atoms with Crippen molar-refractivity contribution in [1.29, 1.82) is 0 Å². The lowest BCUT2D eigenvalue weighted by Gasteiger charge is -2.21. The molecule has 0 N–H and O–H groups in total. The van der Waals surface area contributed by atoms with E-state index in [0.717, 1.165) is 4.90 Å². The van der Waals surface area contributed by atoms with Crippen molar-refractivity contribution in [3.8, 4) is 0 Å². The highest BCUT2D eigenvalue weighted by atomic mass is 32.2. The number of rotatable bonds is 5. The molecule has 2 aromatic carbocycles. The monoisotopic (exact) mass is 413 g/mol. The number of thioether (sulfide) groups is 2. The van der Waals surface area contributed by atoms with E-state index in [1.165, 1.54) is 23.5 Å². The van der Waals surface area contributed by atoms with Crippen molar-refractivity contribution >= 4 is 41.3 Å². The first-order valence-electron chi connectivity index (χ1n) is 9.10. The number of fused-ring (bicyclic) bond motifs is 1. The largest absolute Gasteiger partial charge is 0.460 e. The zero-order valence-corrected chi connectivity index (χ0v) is 16.8. The second-order valence-electron chi connectivity index (χ2n) is 6.49. The third-order valence-corrected chi connectivity index (χ3v) is 7.69. The molecule has 2 aliphatic heterocycles. The number of benzene rings is 2. The van der Waals surface area contributed by atoms with Gasteiger partial charge in [-0.1, -0.05) is 24.3 Å². The molecule has 0 aliphatic carbocycles. The number of amides is 2. The molecule has 0 radical (unpaired) electrons. The van der Waals surface area contributed by atoms with Gasteiger partial charge in [0.25, 0.3) is 11.8 Å². The zero-order chi connectivity index (χ0) is 19.5. The number of carbonyl (C=O) groups is 3. The van der Waals surface area contributed by atoms with Crippen molar-refractivity contribution < 1.29 is 19.1 Å². The summed E-state index contributed by atoms with van der Waals surface area (Å²) in [6, 6.07) is 14.2. The van der Waals surface area contributed by atoms with E-state index in [1.54, 1.807) is 36.4 Å². The van der Waals surface area contributed by atoms with Crippen LogP contribution in [0.3, 0.4) is 0 Å². The predicted molar refractivity (Wildman–Crippen MR) is 111 cm³/mol. The van der Waals surface area contributed by atoms with E-state index in [-0.39, 0.29) is 25.0 Å². The van der Waals surface area contributed by atoms with E-state index < -0.39 is 5.97 Å². The van der Waals surface area contributed by atoms with Crippen LogP contribution in [0.25, 0.3) is 0 Å². The standard InChI is InChI=1S/C21H19NO4S2/c23-18-16-4-1-2-5-17(16)19(24)22(18)10-11-26-20(25)14-6-8-15(9-7-14)21-27-12-3-13-28-21/h1-2,4-9,21H,3,10-13H2. The molecule has 7 heteroatoms. The summed E-state index contributed by atoms with van der Waals surface area (Å²) in [5.74, 6) is 1.19. The summed E-state index contributed by atoms with van der Waals surface area (Å²) in [4.78, 5) is 38.0. The van der Waals surface area contributed by atoms with Crippen molar-refractivity contribution in [3.05, 3.63) is 70.8 Å². The van der Waals surface area contributed by atoms with E-state index in [1.807, 2.05) is 35.7 Å². The SMILES string of the molecule is O=C(OCCN1C(=O)c2ccccc2C1=O)c1ccc(C2SCCCS2)cc1. The molecule has 144 valence electrons. The summed E-state index contributed by atoms with van der Waals surface area (Å²) in [5.41, 5.74) is 2.47. The third-order valence-electron chi connectivity index (χ3n) is 4.67. The highest BCUT2D eigenvalue weighted by Crippen LogP contribution is 2.43. The van der Waals surface area contributed by atoms with Crippen LogP contribution in [0.15, 0.2) is 48.5 Å². The van der Waals surface area contributed by atoms with Gasteiger partial charge in [0.15, 0.2) is 0 Å². The first kappa shape index (κ1) is 19.1. The fourth-order valence-electron chi connectivity index (χ4n) is 3.21. The fraction of sp³-hybridized carbons (Fsp3) is 0.286. The Hall–Kier alpha value is -2.25. The fourth-order valence-corrected chi connectivity index (χ4v) is 6.11. The Morgan fingerprint density at radius 3 is 2.18 bits per heavy atom. The van der Waals surface area contributed by atoms with Gasteiger partial charge in [-0.05, 0) is 47.8 Å². The number of ether oxygens (including phenoxy) is 1. The lowest BCUT2D eigenvalue weighted by atomic mass is 10.1. The summed E-state index contributed by atoms with van der Waals surface area (Å²) in [6.45, 7) is 0.0197. The second-order valence-corrected chi connectivity index (χ2v) is 9.22. The van der Waals surface area contributed by atoms with Gasteiger partial charge in [0, 0.05) is 0 Å². The Morgan fingerprint density at radius 2 is 1.57 bits per heavy atom. The quantitative estimate of drug-likeness (QED) is 0.545. The van der Waals surface area contributed by atoms with Gasteiger partial charge in [-0.2, -0.15) is 0 Å². The predicted octanol–water partition coefficient (Wildman–Crippen LogP) is 4.01. The molecule has 0 bridgehead atoms. The van der Waals surface area contributed by atoms with Gasteiger partial charge in [0.05, 0.1) is 27.8 Å². The summed E-state index contributed by atoms with van der Waals surface area (Å²) in [6.07, 6.45) is 1.24. The summed E-state index contributed by atoms with van der Waals surface area (Å²) < 4.78 is 5.70. The minimum absolute atomic E-state index is 0.0274. The van der Waals surface area contributed by atoms with E-state index in [2.05, 4.69) is 0 Å². The zero-order valence-electron chi connectivity index (χ0n) is 15.1. The molecule has 0 atom stereocenters. The molecular formula is C21H19NO4S2. The van der Waals surface area contributed by atoms with E-state index in [4.69, 9.17) is 4.74 Å². The van der Waals surface area contributed by atoms with Crippen LogP contribution in [0.4, 0.5) is 0 Å². The number of hydrogen-bond donors (Lipinski definition) is 0. The molecule has 2 heterocycles. The molecule has 0 aromatic heterocycles. The molecular weight excluding hydrogens is 394 g/mol. The summed E-state index contributed by atoms with van der Waals surface area (Å²) in [5, 5.41) is 0. The van der Waals surface area contributed by atoms with Crippen molar-refractivity contribution in [2.45, 2.75) is 11.0 Å². The first-order chi connectivity index (χ1) is 13.6. The van der Waals surface area contributed by atoms with Gasteiger partial charge >= 0.3 is 5.97 Å². The lowest BCUT2D eigenvalue weighted by Crippen LogP contribution is -2.33. The number of carbonyl (C=O) groups excluding carboxylic acids is 3. The maximum absolute atomic E-state index is 12.3. The molecule has 0 unspecified atom stereocenters. The van der Waals surface area contributed by atoms with Crippen molar-refractivity contribution in [2.75, 3.05) is 24.7 Å². The summed E-state index contributed by atoms with van der Waals surface area (Å²) >= 11 is 3.86. The highest BCUT2D eigenvalue weighted by Gasteiger charge is 2.34. The van der Waals surface area contributed by atoms with Crippen LogP contribution in [0.5, 0.6) is 0 Å². The van der Waals surface area contributed by atoms with Crippen LogP contribution >= 0.6 is 23.5 Å². The summed E-state index contributed by atoms with van der Waals surface area (Å²) in [7, 11) is 0. The second kappa shape index (κ2) is 8.41. The number of esters is 1. The van der Waals surface area contributed by atoms with Crippen LogP contribution in [-0.4, -0.2) is 47.3 Å². The van der Waals surface area contributed by atoms with Crippen LogP contribution in [0.1, 0.15) is 47.6 Å². The van der Waals surface area contributed by atoms with Crippen LogP contribution in [-0.2, 0) is 4.74 Å². The van der Waals surface area contributed by atoms with Crippen molar-refractivity contribution in [2.24, 2.45) is 0 Å². The molecule has 5 nitrogen and oxygen atoms in total. The average molecular weight is 414 g/mol. The minimum atomic E-state index is -0.452. The highest BCUT2D eigenvalue weighted by molar-refractivity contribution is 8.16. The van der Waals surface area contributed by atoms with Crippen molar-refractivity contribution in [3.63, 3.8) is 0 Å². The molecule has 0 saturated carbocycles. The maximum Gasteiger partial charge on any atom is 0.338 e. The minimum Gasteiger partial charge on any atom is -0.460 e. The topological polar surface area (TPSA) is 63.7 Å². The molecule has 1 saturated heterocycles. The first-order valence-corrected chi connectivity index (χ1v) is 11.2. The smallest absolute Gasteiger partial charge is 0.338 e. The number of imide groups is 1. The molecule has 2 aliphatic rings. The molecule has 4 rings (SSSR count). The third kappa shape index (κ3) is 3.82. The van der Waals surface area contributed by atoms with Gasteiger partial charge in [0.1, 0.15) is 6.61 Å². The van der Waals surface area contributed by atoms with E-state index in [9.17, 15) is 14.4 Å². The Morgan fingerprint density at radius 1 is 0.964 bits per heavy atom. The molecule has 0 spiro atoms. The Bertz CT molecular complexity index is 872. The normalized spacial score (nSPS) is 16.9. The van der Waals surface area contributed by atoms with Crippen LogP contribution in [0.2, 0.25) is 0 Å². The molecule has 2 amide bonds. The molecule has 28 heavy (non-hydrogen) atoms. The van der Waals surface area contributed by atoms with Gasteiger partial charge in [-0.25, -0.2) is 4.79 Å². The van der Waals surface area contributed by atoms with Gasteiger partial charge < -0.3 is 4.74 Å². The van der Waals surface area contributed by atoms with Crippen LogP contribution in [0, 0.1) is 0 Å². The Labute approximate surface area is 171 Å². The lowest BCUT2D eigenvalue weighted by molar-refractivity contribution is 0.0420. The van der Waals surface area contributed by atoms with E-state index in [0.29, 0.717) is 21.3 Å². The number of hydrogen-bond acceptors (Lipinski definition) is 6. The number of nitrogens with zero attached hydrogens (tertiary/aromatic N) is 1. The molecule has 2 aromatic rings. The van der Waals surface area contributed by atoms with Gasteiger partial charge in [-0.3, -0.25) is 14.5 Å². The maximum atomic E-state index is 12.3. The van der Waals surface area contributed by atoms with Crippen LogP contribution < -0.4 is 0 Å². The van der Waals surface area contributed by atoms with Gasteiger partial charge in [-0.15, -0.1) is 23.5 Å².